The molecular weight excluding hydrogens is 268 g/mol. The molecule has 108 valence electrons. The van der Waals surface area contributed by atoms with E-state index in [1.807, 2.05) is 0 Å². The molecule has 0 N–H and O–H groups in total. The number of alkyl halides is 1. The van der Waals surface area contributed by atoms with Crippen molar-refractivity contribution in [2.45, 2.75) is 57.9 Å². The Bertz CT molecular complexity index is 602. The van der Waals surface area contributed by atoms with Gasteiger partial charge in [0.2, 0.25) is 0 Å². The fraction of sp³-hybridized carbons (Fsp3) is 0.588. The van der Waals surface area contributed by atoms with Gasteiger partial charge in [-0.15, -0.1) is 11.6 Å². The lowest BCUT2D eigenvalue weighted by atomic mass is 10.0. The minimum atomic E-state index is 0.500. The molecule has 2 atom stereocenters. The van der Waals surface area contributed by atoms with E-state index in [2.05, 4.69) is 36.6 Å². The van der Waals surface area contributed by atoms with Crippen LogP contribution in [0.3, 0.4) is 0 Å². The zero-order valence-electron chi connectivity index (χ0n) is 12.4. The van der Waals surface area contributed by atoms with Gasteiger partial charge in [-0.2, -0.15) is 0 Å². The first kappa shape index (κ1) is 13.9. The van der Waals surface area contributed by atoms with Gasteiger partial charge in [-0.3, -0.25) is 0 Å². The number of imidazole rings is 1. The average molecular weight is 291 g/mol. The van der Waals surface area contributed by atoms with Gasteiger partial charge in [-0.05, 0) is 43.7 Å². The highest BCUT2D eigenvalue weighted by Gasteiger charge is 2.22. The second kappa shape index (κ2) is 5.77. The van der Waals surface area contributed by atoms with Gasteiger partial charge < -0.3 is 4.57 Å². The first-order chi connectivity index (χ1) is 9.70. The minimum Gasteiger partial charge on any atom is -0.324 e. The summed E-state index contributed by atoms with van der Waals surface area (Å²) in [6.45, 7) is 4.51. The molecule has 0 aliphatic heterocycles. The number of rotatable bonds is 2. The Morgan fingerprint density at radius 2 is 2.10 bits per heavy atom. The predicted molar refractivity (Wildman–Crippen MR) is 85.3 cm³/mol. The topological polar surface area (TPSA) is 17.8 Å². The third-order valence-corrected chi connectivity index (χ3v) is 4.95. The summed E-state index contributed by atoms with van der Waals surface area (Å²) in [6.07, 6.45) is 6.51. The summed E-state index contributed by atoms with van der Waals surface area (Å²) in [5.41, 5.74) is 3.63. The molecule has 3 rings (SSSR count). The highest BCUT2D eigenvalue weighted by Crippen LogP contribution is 2.34. The van der Waals surface area contributed by atoms with Crippen LogP contribution in [0.4, 0.5) is 0 Å². The van der Waals surface area contributed by atoms with Gasteiger partial charge in [0.1, 0.15) is 5.82 Å². The van der Waals surface area contributed by atoms with Crippen LogP contribution < -0.4 is 0 Å². The number of aryl methyl sites for hydroxylation is 1. The van der Waals surface area contributed by atoms with Crippen molar-refractivity contribution in [1.29, 1.82) is 0 Å². The van der Waals surface area contributed by atoms with Gasteiger partial charge in [0.15, 0.2) is 0 Å². The molecular formula is C17H23ClN2. The summed E-state index contributed by atoms with van der Waals surface area (Å²) in [5.74, 6) is 2.40. The van der Waals surface area contributed by atoms with Gasteiger partial charge >= 0.3 is 0 Å². The predicted octanol–water partition coefficient (Wildman–Crippen LogP) is 5.22. The number of fused-ring (bicyclic) bond motifs is 1. The summed E-state index contributed by atoms with van der Waals surface area (Å²) < 4.78 is 2.42. The van der Waals surface area contributed by atoms with Crippen LogP contribution in [0.25, 0.3) is 11.0 Å². The van der Waals surface area contributed by atoms with Crippen molar-refractivity contribution in [3.8, 4) is 0 Å². The maximum atomic E-state index is 6.16. The van der Waals surface area contributed by atoms with Crippen molar-refractivity contribution in [3.05, 3.63) is 29.6 Å². The van der Waals surface area contributed by atoms with Crippen LogP contribution >= 0.6 is 11.6 Å². The van der Waals surface area contributed by atoms with E-state index in [-0.39, 0.29) is 0 Å². The van der Waals surface area contributed by atoms with Crippen LogP contribution in [-0.2, 0) is 5.88 Å². The van der Waals surface area contributed by atoms with Crippen molar-refractivity contribution < 1.29 is 0 Å². The maximum Gasteiger partial charge on any atom is 0.125 e. The van der Waals surface area contributed by atoms with Gasteiger partial charge in [0.05, 0.1) is 16.9 Å². The Morgan fingerprint density at radius 1 is 1.25 bits per heavy atom. The monoisotopic (exact) mass is 290 g/mol. The molecule has 1 aromatic carbocycles. The first-order valence-corrected chi connectivity index (χ1v) is 8.26. The molecule has 1 aliphatic rings. The van der Waals surface area contributed by atoms with E-state index >= 15 is 0 Å². The van der Waals surface area contributed by atoms with E-state index in [4.69, 9.17) is 16.6 Å². The summed E-state index contributed by atoms with van der Waals surface area (Å²) in [7, 11) is 0. The second-order valence-corrected chi connectivity index (χ2v) is 6.51. The minimum absolute atomic E-state index is 0.500. The molecule has 1 aliphatic carbocycles. The van der Waals surface area contributed by atoms with Crippen molar-refractivity contribution in [3.63, 3.8) is 0 Å². The first-order valence-electron chi connectivity index (χ1n) is 7.73. The number of halogens is 1. The summed E-state index contributed by atoms with van der Waals surface area (Å²) in [6, 6.07) is 7.03. The Balaban J connectivity index is 2.07. The molecule has 1 fully saturated rings. The molecule has 0 bridgehead atoms. The van der Waals surface area contributed by atoms with Crippen molar-refractivity contribution in [2.24, 2.45) is 5.92 Å². The molecule has 3 heteroatoms. The van der Waals surface area contributed by atoms with Crippen LogP contribution in [0.2, 0.25) is 0 Å². The molecule has 2 nitrogen and oxygen atoms in total. The van der Waals surface area contributed by atoms with E-state index in [1.165, 1.54) is 43.2 Å². The molecule has 0 spiro atoms. The molecule has 2 aromatic rings. The number of hydrogen-bond donors (Lipinski definition) is 0. The smallest absolute Gasteiger partial charge is 0.125 e. The fourth-order valence-electron chi connectivity index (χ4n) is 3.53. The number of benzene rings is 1. The third-order valence-electron chi connectivity index (χ3n) is 4.71. The lowest BCUT2D eigenvalue weighted by Gasteiger charge is -2.19. The molecule has 1 aromatic heterocycles. The van der Waals surface area contributed by atoms with Crippen LogP contribution in [0, 0.1) is 12.8 Å². The average Bonchev–Trinajstić information content (AvgIpc) is 2.70. The molecule has 0 saturated heterocycles. The maximum absolute atomic E-state index is 6.16. The number of hydrogen-bond acceptors (Lipinski definition) is 1. The molecule has 2 unspecified atom stereocenters. The van der Waals surface area contributed by atoms with E-state index in [0.29, 0.717) is 11.9 Å². The number of nitrogens with zero attached hydrogens (tertiary/aromatic N) is 2. The van der Waals surface area contributed by atoms with E-state index in [9.17, 15) is 0 Å². The normalized spacial score (nSPS) is 23.9. The Labute approximate surface area is 126 Å². The van der Waals surface area contributed by atoms with Crippen LogP contribution in [-0.4, -0.2) is 9.55 Å². The lowest BCUT2D eigenvalue weighted by molar-refractivity contribution is 0.433. The lowest BCUT2D eigenvalue weighted by Crippen LogP contribution is -2.11. The van der Waals surface area contributed by atoms with E-state index in [0.717, 1.165) is 17.3 Å². The summed E-state index contributed by atoms with van der Waals surface area (Å²) in [4.78, 5) is 4.79. The van der Waals surface area contributed by atoms with Gasteiger partial charge in [-0.1, -0.05) is 31.9 Å². The molecule has 1 heterocycles. The van der Waals surface area contributed by atoms with Crippen molar-refractivity contribution >= 4 is 22.6 Å². The van der Waals surface area contributed by atoms with E-state index < -0.39 is 0 Å². The van der Waals surface area contributed by atoms with Crippen molar-refractivity contribution in [2.75, 3.05) is 0 Å². The zero-order chi connectivity index (χ0) is 14.1. The largest absolute Gasteiger partial charge is 0.324 e. The van der Waals surface area contributed by atoms with Crippen LogP contribution in [0.5, 0.6) is 0 Å². The molecule has 0 amide bonds. The van der Waals surface area contributed by atoms with Crippen molar-refractivity contribution in [1.82, 2.24) is 9.55 Å². The number of para-hydroxylation sites is 1. The molecule has 1 saturated carbocycles. The Kier molecular flexibility index (Phi) is 4.02. The SMILES string of the molecule is Cc1cccc2c1nc(CCl)n2C1CCCC(C)CC1. The van der Waals surface area contributed by atoms with E-state index in [1.54, 1.807) is 0 Å². The summed E-state index contributed by atoms with van der Waals surface area (Å²) in [5, 5.41) is 0. The highest BCUT2D eigenvalue weighted by molar-refractivity contribution is 6.16. The quantitative estimate of drug-likeness (QED) is 0.547. The number of aromatic nitrogens is 2. The highest BCUT2D eigenvalue weighted by atomic mass is 35.5. The Hall–Kier alpha value is -1.02. The second-order valence-electron chi connectivity index (χ2n) is 6.24. The van der Waals surface area contributed by atoms with Gasteiger partial charge in [-0.25, -0.2) is 4.98 Å². The van der Waals surface area contributed by atoms with Gasteiger partial charge in [0, 0.05) is 6.04 Å². The summed E-state index contributed by atoms with van der Waals surface area (Å²) >= 11 is 6.16. The standard InChI is InChI=1S/C17H23ClN2/c1-12-5-3-7-14(10-9-12)20-15-8-4-6-13(2)17(15)19-16(20)11-18/h4,6,8,12,14H,3,5,7,9-11H2,1-2H3. The van der Waals surface area contributed by atoms with Crippen LogP contribution in [0.1, 0.15) is 56.5 Å². The molecule has 0 radical (unpaired) electrons. The third kappa shape index (κ3) is 2.46. The van der Waals surface area contributed by atoms with Gasteiger partial charge in [0.25, 0.3) is 0 Å². The zero-order valence-corrected chi connectivity index (χ0v) is 13.2. The fourth-order valence-corrected chi connectivity index (χ4v) is 3.72. The molecule has 20 heavy (non-hydrogen) atoms. The van der Waals surface area contributed by atoms with Crippen LogP contribution in [0.15, 0.2) is 18.2 Å². The Morgan fingerprint density at radius 3 is 2.90 bits per heavy atom.